The lowest BCUT2D eigenvalue weighted by Crippen LogP contribution is -2.25. The van der Waals surface area contributed by atoms with E-state index in [-0.39, 0.29) is 18.1 Å². The molecule has 0 saturated carbocycles. The summed E-state index contributed by atoms with van der Waals surface area (Å²) < 4.78 is 5.30. The Morgan fingerprint density at radius 2 is 1.70 bits per heavy atom. The van der Waals surface area contributed by atoms with Crippen molar-refractivity contribution in [3.05, 3.63) is 71.3 Å². The van der Waals surface area contributed by atoms with E-state index in [1.54, 1.807) is 0 Å². The fraction of sp³-hybridized carbons (Fsp3) is 0.350. The van der Waals surface area contributed by atoms with Crippen LogP contribution in [-0.4, -0.2) is 12.1 Å². The summed E-state index contributed by atoms with van der Waals surface area (Å²) in [4.78, 5) is 12.1. The van der Waals surface area contributed by atoms with Gasteiger partial charge in [0.15, 0.2) is 0 Å². The lowest BCUT2D eigenvalue weighted by Gasteiger charge is -2.20. The Morgan fingerprint density at radius 1 is 1.04 bits per heavy atom. The van der Waals surface area contributed by atoms with Crippen molar-refractivity contribution in [2.45, 2.75) is 45.9 Å². The zero-order chi connectivity index (χ0) is 16.7. The fourth-order valence-electron chi connectivity index (χ4n) is 2.42. The molecule has 0 heterocycles. The van der Waals surface area contributed by atoms with Gasteiger partial charge in [-0.15, -0.1) is 0 Å². The summed E-state index contributed by atoms with van der Waals surface area (Å²) in [5.74, 6) is -0.175. The van der Waals surface area contributed by atoms with Crippen LogP contribution < -0.4 is 5.32 Å². The third kappa shape index (κ3) is 5.87. The van der Waals surface area contributed by atoms with Gasteiger partial charge in [-0.25, -0.2) is 0 Å². The number of hydrogen-bond donors (Lipinski definition) is 1. The topological polar surface area (TPSA) is 38.3 Å². The van der Waals surface area contributed by atoms with Crippen molar-refractivity contribution in [3.63, 3.8) is 0 Å². The number of hydrogen-bond acceptors (Lipinski definition) is 3. The molecule has 1 atom stereocenters. The van der Waals surface area contributed by atoms with Gasteiger partial charge >= 0.3 is 5.97 Å². The maximum atomic E-state index is 12.1. The summed E-state index contributed by atoms with van der Waals surface area (Å²) >= 11 is 0. The predicted molar refractivity (Wildman–Crippen MR) is 93.0 cm³/mol. The molecule has 0 unspecified atom stereocenters. The largest absolute Gasteiger partial charge is 0.463 e. The van der Waals surface area contributed by atoms with Gasteiger partial charge in [0.1, 0.15) is 0 Å². The van der Waals surface area contributed by atoms with Crippen molar-refractivity contribution in [3.8, 4) is 0 Å². The van der Waals surface area contributed by atoms with Crippen LogP contribution in [0.3, 0.4) is 0 Å². The maximum absolute atomic E-state index is 12.1. The Hall–Kier alpha value is -2.13. The predicted octanol–water partition coefficient (Wildman–Crippen LogP) is 4.17. The van der Waals surface area contributed by atoms with Crippen molar-refractivity contribution < 1.29 is 9.53 Å². The van der Waals surface area contributed by atoms with E-state index in [4.69, 9.17) is 4.74 Å². The van der Waals surface area contributed by atoms with Crippen LogP contribution >= 0.6 is 0 Å². The van der Waals surface area contributed by atoms with Crippen LogP contribution in [0.4, 0.5) is 0 Å². The van der Waals surface area contributed by atoms with E-state index in [2.05, 4.69) is 48.6 Å². The van der Waals surface area contributed by atoms with Crippen LogP contribution in [0.1, 0.15) is 43.0 Å². The lowest BCUT2D eigenvalue weighted by molar-refractivity contribution is -0.148. The Balaban J connectivity index is 2.07. The molecule has 0 saturated heterocycles. The van der Waals surface area contributed by atoms with Crippen LogP contribution in [0.25, 0.3) is 0 Å². The Bertz CT molecular complexity index is 605. The van der Waals surface area contributed by atoms with Crippen molar-refractivity contribution in [2.24, 2.45) is 0 Å². The molecular formula is C20H25NO2. The number of rotatable bonds is 7. The minimum absolute atomic E-state index is 0.0537. The number of benzene rings is 2. The highest BCUT2D eigenvalue weighted by Gasteiger charge is 2.17. The first kappa shape index (κ1) is 17.2. The molecule has 0 aliphatic heterocycles. The Kier molecular flexibility index (Phi) is 6.36. The number of nitrogens with one attached hydrogen (secondary N) is 1. The van der Waals surface area contributed by atoms with E-state index >= 15 is 0 Å². The summed E-state index contributed by atoms with van der Waals surface area (Å²) in [7, 11) is 0. The number of carbonyl (C=O) groups is 1. The molecule has 0 aromatic heterocycles. The molecule has 1 N–H and O–H groups in total. The summed E-state index contributed by atoms with van der Waals surface area (Å²) in [5.41, 5.74) is 3.51. The highest BCUT2D eigenvalue weighted by Crippen LogP contribution is 2.19. The molecule has 0 fully saturated rings. The quantitative estimate of drug-likeness (QED) is 0.780. The van der Waals surface area contributed by atoms with Crippen molar-refractivity contribution >= 4 is 5.97 Å². The molecule has 2 rings (SSSR count). The minimum atomic E-state index is -0.175. The first-order valence-corrected chi connectivity index (χ1v) is 8.08. The maximum Gasteiger partial charge on any atom is 0.307 e. The lowest BCUT2D eigenvalue weighted by atomic mass is 10.0. The van der Waals surface area contributed by atoms with E-state index in [0.717, 1.165) is 5.56 Å². The van der Waals surface area contributed by atoms with Gasteiger partial charge < -0.3 is 10.1 Å². The first-order valence-electron chi connectivity index (χ1n) is 8.08. The number of carbonyl (C=O) groups excluding carboxylic acids is 1. The highest BCUT2D eigenvalue weighted by molar-refractivity contribution is 5.70. The van der Waals surface area contributed by atoms with E-state index in [0.29, 0.717) is 13.0 Å². The third-order valence-electron chi connectivity index (χ3n) is 3.61. The van der Waals surface area contributed by atoms with Gasteiger partial charge in [-0.1, -0.05) is 60.2 Å². The monoisotopic (exact) mass is 311 g/mol. The Labute approximate surface area is 138 Å². The fourth-order valence-corrected chi connectivity index (χ4v) is 2.42. The van der Waals surface area contributed by atoms with Gasteiger partial charge in [-0.2, -0.15) is 0 Å². The minimum Gasteiger partial charge on any atom is -0.463 e. The molecule has 122 valence electrons. The van der Waals surface area contributed by atoms with Crippen LogP contribution in [-0.2, 0) is 16.1 Å². The molecule has 0 aliphatic rings. The van der Waals surface area contributed by atoms with E-state index in [9.17, 15) is 4.79 Å². The third-order valence-corrected chi connectivity index (χ3v) is 3.61. The summed E-state index contributed by atoms with van der Waals surface area (Å²) in [6.07, 6.45) is 0.240. The van der Waals surface area contributed by atoms with Gasteiger partial charge in [0.25, 0.3) is 0 Å². The molecule has 0 amide bonds. The van der Waals surface area contributed by atoms with Gasteiger partial charge in [0, 0.05) is 12.6 Å². The highest BCUT2D eigenvalue weighted by atomic mass is 16.5. The van der Waals surface area contributed by atoms with E-state index < -0.39 is 0 Å². The molecule has 0 bridgehead atoms. The molecule has 3 nitrogen and oxygen atoms in total. The summed E-state index contributed by atoms with van der Waals surface area (Å²) in [6.45, 7) is 6.52. The molecule has 2 aromatic carbocycles. The Morgan fingerprint density at radius 3 is 2.30 bits per heavy atom. The van der Waals surface area contributed by atoms with Crippen LogP contribution in [0.5, 0.6) is 0 Å². The molecule has 0 aliphatic carbocycles. The molecule has 0 spiro atoms. The molecule has 0 radical (unpaired) electrons. The van der Waals surface area contributed by atoms with Crippen LogP contribution in [0, 0.1) is 6.92 Å². The number of ether oxygens (including phenoxy) is 1. The van der Waals surface area contributed by atoms with Gasteiger partial charge in [0.05, 0.1) is 12.5 Å². The SMILES string of the molecule is Cc1ccc([C@@H](CC(=O)OC(C)C)NCc2ccccc2)cc1. The van der Waals surface area contributed by atoms with Gasteiger partial charge in [-0.05, 0) is 31.9 Å². The zero-order valence-corrected chi connectivity index (χ0v) is 14.1. The van der Waals surface area contributed by atoms with Crippen molar-refractivity contribution in [2.75, 3.05) is 0 Å². The average Bonchev–Trinajstić information content (AvgIpc) is 2.52. The van der Waals surface area contributed by atoms with Crippen LogP contribution in [0.15, 0.2) is 54.6 Å². The second kappa shape index (κ2) is 8.49. The summed E-state index contributed by atoms with van der Waals surface area (Å²) in [5, 5.41) is 3.48. The zero-order valence-electron chi connectivity index (χ0n) is 14.1. The molecule has 2 aromatic rings. The second-order valence-corrected chi connectivity index (χ2v) is 6.07. The molecule has 3 heteroatoms. The van der Waals surface area contributed by atoms with Gasteiger partial charge in [0.2, 0.25) is 0 Å². The average molecular weight is 311 g/mol. The first-order chi connectivity index (χ1) is 11.0. The second-order valence-electron chi connectivity index (χ2n) is 6.07. The number of aryl methyl sites for hydroxylation is 1. The molecule has 23 heavy (non-hydrogen) atoms. The van der Waals surface area contributed by atoms with Crippen molar-refractivity contribution in [1.82, 2.24) is 5.32 Å². The normalized spacial score (nSPS) is 12.2. The molecular weight excluding hydrogens is 286 g/mol. The summed E-state index contributed by atoms with van der Waals surface area (Å²) in [6, 6.07) is 18.4. The van der Waals surface area contributed by atoms with Crippen LogP contribution in [0.2, 0.25) is 0 Å². The smallest absolute Gasteiger partial charge is 0.307 e. The van der Waals surface area contributed by atoms with E-state index in [1.807, 2.05) is 32.0 Å². The van der Waals surface area contributed by atoms with Crippen molar-refractivity contribution in [1.29, 1.82) is 0 Å². The number of esters is 1. The van der Waals surface area contributed by atoms with Gasteiger partial charge in [-0.3, -0.25) is 4.79 Å². The van der Waals surface area contributed by atoms with E-state index in [1.165, 1.54) is 11.1 Å². The standard InChI is InChI=1S/C20H25NO2/c1-15(2)23-20(22)13-19(18-11-9-16(3)10-12-18)21-14-17-7-5-4-6-8-17/h4-12,15,19,21H,13-14H2,1-3H3/t19-/m1/s1.